The molecule has 1 saturated carbocycles. The van der Waals surface area contributed by atoms with Gasteiger partial charge in [-0.1, -0.05) is 24.6 Å². The number of fused-ring (bicyclic) bond motifs is 5. The summed E-state index contributed by atoms with van der Waals surface area (Å²) in [5, 5.41) is 12.4. The zero-order valence-electron chi connectivity index (χ0n) is 21.1. The molecule has 2 spiro atoms. The van der Waals surface area contributed by atoms with Crippen molar-refractivity contribution < 1.29 is 43.2 Å². The molecule has 0 aromatic rings. The molecule has 0 aromatic heterocycles. The molecule has 1 N–H and O–H groups in total. The SMILES string of the molecule is C[C@]12C(=O)C=CCC1=CC[C@H]1[C@H]2CC[C@@]2(O)C(=O)O[C@@]3(C)[C@@H]4C[C@@]5(C)[C@H](CO[C@]16O[C@]23[C@H]5C6=O)C(=O)O4. The second kappa shape index (κ2) is 6.10. The summed E-state index contributed by atoms with van der Waals surface area (Å²) < 4.78 is 25.1. The van der Waals surface area contributed by atoms with Gasteiger partial charge in [0.05, 0.1) is 23.9 Å². The van der Waals surface area contributed by atoms with Crippen LogP contribution in [0.3, 0.4) is 0 Å². The largest absolute Gasteiger partial charge is 0.458 e. The topological polar surface area (TPSA) is 125 Å². The second-order valence-electron chi connectivity index (χ2n) is 13.0. The Morgan fingerprint density at radius 2 is 1.86 bits per heavy atom. The summed E-state index contributed by atoms with van der Waals surface area (Å²) in [6, 6.07) is 0. The highest BCUT2D eigenvalue weighted by molar-refractivity contribution is 6.01. The van der Waals surface area contributed by atoms with Crippen LogP contribution in [0.2, 0.25) is 0 Å². The number of carbonyl (C=O) groups is 4. The number of carbonyl (C=O) groups excluding carboxylic acids is 4. The van der Waals surface area contributed by atoms with Crippen LogP contribution in [0.4, 0.5) is 0 Å². The lowest BCUT2D eigenvalue weighted by Gasteiger charge is -2.63. The van der Waals surface area contributed by atoms with E-state index in [2.05, 4.69) is 0 Å². The van der Waals surface area contributed by atoms with Crippen LogP contribution in [-0.2, 0) is 38.1 Å². The van der Waals surface area contributed by atoms with Crippen molar-refractivity contribution in [2.75, 3.05) is 6.61 Å². The van der Waals surface area contributed by atoms with Crippen LogP contribution in [0, 0.1) is 34.5 Å². The molecule has 0 aromatic carbocycles. The van der Waals surface area contributed by atoms with Gasteiger partial charge in [-0.15, -0.1) is 0 Å². The molecule has 0 amide bonds. The first-order valence-electron chi connectivity index (χ1n) is 13.4. The molecular weight excluding hydrogens is 480 g/mol. The maximum atomic E-state index is 14.8. The second-order valence-corrected chi connectivity index (χ2v) is 13.0. The molecule has 6 fully saturated rings. The third kappa shape index (κ3) is 1.97. The molecule has 37 heavy (non-hydrogen) atoms. The Bertz CT molecular complexity index is 1300. The van der Waals surface area contributed by atoms with E-state index in [1.807, 2.05) is 26.0 Å². The maximum Gasteiger partial charge on any atom is 0.342 e. The van der Waals surface area contributed by atoms with Crippen LogP contribution in [-0.4, -0.2) is 63.9 Å². The fraction of sp³-hybridized carbons (Fsp3) is 0.714. The number of esters is 2. The number of hydrogen-bond donors (Lipinski definition) is 1. The number of ketones is 2. The van der Waals surface area contributed by atoms with Crippen molar-refractivity contribution in [3.63, 3.8) is 0 Å². The molecule has 8 rings (SSSR count). The fourth-order valence-electron chi connectivity index (χ4n) is 10.0. The van der Waals surface area contributed by atoms with Gasteiger partial charge in [0, 0.05) is 5.92 Å². The van der Waals surface area contributed by atoms with Gasteiger partial charge in [-0.05, 0) is 63.4 Å². The van der Waals surface area contributed by atoms with Crippen LogP contribution in [0.5, 0.6) is 0 Å². The van der Waals surface area contributed by atoms with Crippen molar-refractivity contribution in [2.24, 2.45) is 34.5 Å². The van der Waals surface area contributed by atoms with Gasteiger partial charge in [0.15, 0.2) is 28.4 Å². The first kappa shape index (κ1) is 22.6. The maximum absolute atomic E-state index is 14.8. The van der Waals surface area contributed by atoms with Gasteiger partial charge < -0.3 is 24.1 Å². The normalized spacial score (nSPS) is 58.5. The van der Waals surface area contributed by atoms with E-state index in [1.54, 1.807) is 13.0 Å². The minimum atomic E-state index is -2.17. The van der Waals surface area contributed by atoms with Gasteiger partial charge in [-0.25, -0.2) is 4.79 Å². The summed E-state index contributed by atoms with van der Waals surface area (Å²) in [6.45, 7) is 5.29. The van der Waals surface area contributed by atoms with Gasteiger partial charge in [0.25, 0.3) is 0 Å². The highest BCUT2D eigenvalue weighted by Gasteiger charge is 2.93. The van der Waals surface area contributed by atoms with E-state index >= 15 is 0 Å². The molecule has 3 aliphatic carbocycles. The molecule has 5 saturated heterocycles. The number of rotatable bonds is 0. The lowest BCUT2D eigenvalue weighted by molar-refractivity contribution is -0.374. The van der Waals surface area contributed by atoms with Gasteiger partial charge in [0.2, 0.25) is 5.79 Å². The Kier molecular flexibility index (Phi) is 3.73. The Hall–Kier alpha value is -2.36. The molecule has 5 aliphatic heterocycles. The summed E-state index contributed by atoms with van der Waals surface area (Å²) in [7, 11) is 0. The fourth-order valence-corrected chi connectivity index (χ4v) is 10.0. The predicted molar refractivity (Wildman–Crippen MR) is 122 cm³/mol. The minimum absolute atomic E-state index is 0.0380. The van der Waals surface area contributed by atoms with Gasteiger partial charge in [0.1, 0.15) is 6.10 Å². The molecule has 0 radical (unpaired) electrons. The number of ether oxygens (including phenoxy) is 4. The summed E-state index contributed by atoms with van der Waals surface area (Å²) in [5.74, 6) is -6.36. The van der Waals surface area contributed by atoms with E-state index in [1.165, 1.54) is 0 Å². The number of aliphatic hydroxyl groups is 1. The number of hydrogen-bond acceptors (Lipinski definition) is 9. The standard InChI is InChI=1S/C28H30O9/c1-23-11-18-25(3)28-19(23)20(30)27(37-28,34-12-16(23)21(31)35-18)15-8-7-13-5-4-6-17(29)24(13,2)14(15)9-10-26(28,33)22(32)36-25/h4,6-7,14-16,18-19,33H,5,8-12H2,1-3H3/t14-,15+,16-,18+,19+,23+,24+,25+,26-,27+,28+/m1/s1. The van der Waals surface area contributed by atoms with Crippen LogP contribution in [0.15, 0.2) is 23.8 Å². The van der Waals surface area contributed by atoms with E-state index in [-0.39, 0.29) is 24.6 Å². The average molecular weight is 511 g/mol. The van der Waals surface area contributed by atoms with Crippen molar-refractivity contribution in [2.45, 2.75) is 81.6 Å². The molecular formula is C28H30O9. The van der Waals surface area contributed by atoms with E-state index < -0.39 is 75.1 Å². The Labute approximate surface area is 213 Å². The predicted octanol–water partition coefficient (Wildman–Crippen LogP) is 1.56. The van der Waals surface area contributed by atoms with E-state index in [9.17, 15) is 24.3 Å². The van der Waals surface area contributed by atoms with E-state index in [0.29, 0.717) is 25.7 Å². The lowest BCUT2D eigenvalue weighted by atomic mass is 9.46. The summed E-state index contributed by atoms with van der Waals surface area (Å²) in [4.78, 5) is 55.2. The van der Waals surface area contributed by atoms with Gasteiger partial charge in [-0.2, -0.15) is 0 Å². The molecule has 5 bridgehead atoms. The average Bonchev–Trinajstić information content (AvgIpc) is 3.16. The highest BCUT2D eigenvalue weighted by Crippen LogP contribution is 2.75. The zero-order valence-corrected chi connectivity index (χ0v) is 21.1. The summed E-state index contributed by atoms with van der Waals surface area (Å²) >= 11 is 0. The molecule has 0 unspecified atom stereocenters. The first-order valence-corrected chi connectivity index (χ1v) is 13.4. The molecule has 196 valence electrons. The van der Waals surface area contributed by atoms with Crippen LogP contribution < -0.4 is 0 Å². The molecule has 5 heterocycles. The quantitative estimate of drug-likeness (QED) is 0.382. The highest BCUT2D eigenvalue weighted by atomic mass is 16.8. The van der Waals surface area contributed by atoms with Crippen molar-refractivity contribution in [3.8, 4) is 0 Å². The summed E-state index contributed by atoms with van der Waals surface area (Å²) in [5.41, 5.74) is -6.43. The molecule has 9 nitrogen and oxygen atoms in total. The molecule has 11 atom stereocenters. The van der Waals surface area contributed by atoms with Crippen molar-refractivity contribution >= 4 is 23.5 Å². The molecule has 9 heteroatoms. The van der Waals surface area contributed by atoms with Crippen molar-refractivity contribution in [1.29, 1.82) is 0 Å². The van der Waals surface area contributed by atoms with E-state index in [0.717, 1.165) is 5.57 Å². The Morgan fingerprint density at radius 1 is 1.08 bits per heavy atom. The van der Waals surface area contributed by atoms with Crippen LogP contribution in [0.25, 0.3) is 0 Å². The van der Waals surface area contributed by atoms with Gasteiger partial charge >= 0.3 is 11.9 Å². The smallest absolute Gasteiger partial charge is 0.342 e. The van der Waals surface area contributed by atoms with Crippen LogP contribution >= 0.6 is 0 Å². The Balaban J connectivity index is 1.43. The number of allylic oxidation sites excluding steroid dienone is 4. The lowest BCUT2D eigenvalue weighted by Crippen LogP contribution is -2.79. The van der Waals surface area contributed by atoms with Crippen molar-refractivity contribution in [1.82, 2.24) is 0 Å². The summed E-state index contributed by atoms with van der Waals surface area (Å²) in [6.07, 6.45) is 6.24. The zero-order chi connectivity index (χ0) is 26.0. The minimum Gasteiger partial charge on any atom is -0.458 e. The monoisotopic (exact) mass is 510 g/mol. The van der Waals surface area contributed by atoms with Crippen LogP contribution in [0.1, 0.15) is 52.9 Å². The third-order valence-electron chi connectivity index (χ3n) is 12.0. The van der Waals surface area contributed by atoms with E-state index in [4.69, 9.17) is 18.9 Å². The third-order valence-corrected chi connectivity index (χ3v) is 12.0. The molecule has 8 aliphatic rings. The van der Waals surface area contributed by atoms with Crippen molar-refractivity contribution in [3.05, 3.63) is 23.8 Å². The first-order chi connectivity index (χ1) is 17.4. The van der Waals surface area contributed by atoms with Gasteiger partial charge in [-0.3, -0.25) is 14.4 Å². The Morgan fingerprint density at radius 3 is 2.65 bits per heavy atom. The number of Topliss-reactive ketones (excluding diaryl/α,β-unsaturated/α-hetero) is 1.